The second-order valence-corrected chi connectivity index (χ2v) is 4.35. The Bertz CT molecular complexity index is 479. The highest BCUT2D eigenvalue weighted by Gasteiger charge is 2.31. The summed E-state index contributed by atoms with van der Waals surface area (Å²) < 4.78 is 37.8. The lowest BCUT2D eigenvalue weighted by atomic mass is 10.1. The average Bonchev–Trinajstić information content (AvgIpc) is 2.30. The SMILES string of the molecule is Nc1cc(C(F)(F)F)cc(NC2CCC(=O)NC2)n1. The lowest BCUT2D eigenvalue weighted by Gasteiger charge is -2.24. The molecule has 8 heteroatoms. The molecule has 0 aromatic carbocycles. The highest BCUT2D eigenvalue weighted by molar-refractivity contribution is 5.77. The number of pyridine rings is 1. The maximum absolute atomic E-state index is 12.6. The molecule has 1 saturated heterocycles. The quantitative estimate of drug-likeness (QED) is 0.761. The molecule has 0 aliphatic carbocycles. The molecule has 1 unspecified atom stereocenters. The maximum atomic E-state index is 12.6. The van der Waals surface area contributed by atoms with Gasteiger partial charge in [0.1, 0.15) is 11.6 Å². The first kappa shape index (κ1) is 13.4. The fourth-order valence-corrected chi connectivity index (χ4v) is 1.85. The molecule has 1 amide bonds. The number of nitrogen functional groups attached to an aromatic ring is 1. The minimum Gasteiger partial charge on any atom is -0.384 e. The van der Waals surface area contributed by atoms with E-state index in [4.69, 9.17) is 5.73 Å². The fraction of sp³-hybridized carbons (Fsp3) is 0.455. The second kappa shape index (κ2) is 4.94. The van der Waals surface area contributed by atoms with Crippen molar-refractivity contribution in [3.05, 3.63) is 17.7 Å². The largest absolute Gasteiger partial charge is 0.416 e. The van der Waals surface area contributed by atoms with Gasteiger partial charge in [0.05, 0.1) is 5.56 Å². The van der Waals surface area contributed by atoms with Crippen molar-refractivity contribution in [2.75, 3.05) is 17.6 Å². The summed E-state index contributed by atoms with van der Waals surface area (Å²) in [7, 11) is 0. The van der Waals surface area contributed by atoms with E-state index >= 15 is 0 Å². The molecule has 104 valence electrons. The summed E-state index contributed by atoms with van der Waals surface area (Å²) in [5, 5.41) is 5.48. The monoisotopic (exact) mass is 274 g/mol. The normalized spacial score (nSPS) is 19.9. The van der Waals surface area contributed by atoms with Crippen molar-refractivity contribution < 1.29 is 18.0 Å². The number of nitrogens with one attached hydrogen (secondary N) is 2. The molecule has 1 fully saturated rings. The number of alkyl halides is 3. The second-order valence-electron chi connectivity index (χ2n) is 4.35. The van der Waals surface area contributed by atoms with Gasteiger partial charge in [-0.15, -0.1) is 0 Å². The molecule has 1 atom stereocenters. The van der Waals surface area contributed by atoms with Gasteiger partial charge in [-0.1, -0.05) is 0 Å². The molecule has 5 nitrogen and oxygen atoms in total. The van der Waals surface area contributed by atoms with Crippen molar-refractivity contribution in [3.63, 3.8) is 0 Å². The first-order valence-corrected chi connectivity index (χ1v) is 5.72. The summed E-state index contributed by atoms with van der Waals surface area (Å²) in [6.07, 6.45) is -3.58. The molecule has 0 radical (unpaired) electrons. The number of nitrogens with two attached hydrogens (primary N) is 1. The highest BCUT2D eigenvalue weighted by Crippen LogP contribution is 2.31. The maximum Gasteiger partial charge on any atom is 0.416 e. The van der Waals surface area contributed by atoms with Crippen LogP contribution in [-0.4, -0.2) is 23.5 Å². The van der Waals surface area contributed by atoms with Crippen LogP contribution in [0.1, 0.15) is 18.4 Å². The van der Waals surface area contributed by atoms with Crippen LogP contribution in [0.25, 0.3) is 0 Å². The van der Waals surface area contributed by atoms with E-state index in [2.05, 4.69) is 15.6 Å². The standard InChI is InChI=1S/C11H13F3N4O/c12-11(13,14)6-3-8(15)18-9(4-6)17-7-1-2-10(19)16-5-7/h3-4,7H,1-2,5H2,(H,16,19)(H3,15,17,18). The number of piperidine rings is 1. The van der Waals surface area contributed by atoms with Crippen LogP contribution in [0.3, 0.4) is 0 Å². The molecule has 19 heavy (non-hydrogen) atoms. The highest BCUT2D eigenvalue weighted by atomic mass is 19.4. The van der Waals surface area contributed by atoms with Gasteiger partial charge >= 0.3 is 6.18 Å². The van der Waals surface area contributed by atoms with Gasteiger partial charge in [0.15, 0.2) is 0 Å². The van der Waals surface area contributed by atoms with E-state index in [1.807, 2.05) is 0 Å². The smallest absolute Gasteiger partial charge is 0.384 e. The van der Waals surface area contributed by atoms with Crippen LogP contribution in [-0.2, 0) is 11.0 Å². The number of hydrogen-bond donors (Lipinski definition) is 3. The minimum absolute atomic E-state index is 0.0606. The van der Waals surface area contributed by atoms with Crippen LogP contribution < -0.4 is 16.4 Å². The Hall–Kier alpha value is -1.99. The van der Waals surface area contributed by atoms with Crippen molar-refractivity contribution in [3.8, 4) is 0 Å². The third-order valence-electron chi connectivity index (χ3n) is 2.79. The third kappa shape index (κ3) is 3.49. The van der Waals surface area contributed by atoms with Gasteiger partial charge < -0.3 is 16.4 Å². The Morgan fingerprint density at radius 3 is 2.74 bits per heavy atom. The lowest BCUT2D eigenvalue weighted by molar-refractivity contribution is -0.137. The summed E-state index contributed by atoms with van der Waals surface area (Å²) >= 11 is 0. The molecule has 0 bridgehead atoms. The molecular formula is C11H13F3N4O. The molecule has 1 aromatic heterocycles. The van der Waals surface area contributed by atoms with Crippen molar-refractivity contribution in [2.45, 2.75) is 25.1 Å². The predicted molar refractivity (Wildman–Crippen MR) is 63.3 cm³/mol. The Labute approximate surface area is 107 Å². The zero-order valence-electron chi connectivity index (χ0n) is 9.92. The Balaban J connectivity index is 2.12. The van der Waals surface area contributed by atoms with E-state index in [1.165, 1.54) is 0 Å². The molecule has 4 N–H and O–H groups in total. The Morgan fingerprint density at radius 2 is 2.16 bits per heavy atom. The number of anilines is 2. The molecule has 0 spiro atoms. The molecule has 2 heterocycles. The van der Waals surface area contributed by atoms with Crippen LogP contribution in [0.15, 0.2) is 12.1 Å². The lowest BCUT2D eigenvalue weighted by Crippen LogP contribution is -2.42. The van der Waals surface area contributed by atoms with Gasteiger partial charge in [-0.2, -0.15) is 13.2 Å². The van der Waals surface area contributed by atoms with E-state index in [9.17, 15) is 18.0 Å². The van der Waals surface area contributed by atoms with Gasteiger partial charge in [0, 0.05) is 19.0 Å². The summed E-state index contributed by atoms with van der Waals surface area (Å²) in [6, 6.07) is 1.55. The van der Waals surface area contributed by atoms with Gasteiger partial charge in [-0.25, -0.2) is 4.98 Å². The van der Waals surface area contributed by atoms with Crippen molar-refractivity contribution in [1.29, 1.82) is 0 Å². The fourth-order valence-electron chi connectivity index (χ4n) is 1.85. The van der Waals surface area contributed by atoms with E-state index in [-0.39, 0.29) is 23.6 Å². The number of rotatable bonds is 2. The molecular weight excluding hydrogens is 261 g/mol. The number of carbonyl (C=O) groups is 1. The topological polar surface area (TPSA) is 80.0 Å². The van der Waals surface area contributed by atoms with Crippen LogP contribution in [0.2, 0.25) is 0 Å². The zero-order chi connectivity index (χ0) is 14.0. The predicted octanol–water partition coefficient (Wildman–Crippen LogP) is 1.37. The number of aromatic nitrogens is 1. The van der Waals surface area contributed by atoms with Crippen LogP contribution in [0, 0.1) is 0 Å². The molecule has 1 aliphatic rings. The van der Waals surface area contributed by atoms with E-state index in [0.29, 0.717) is 19.4 Å². The number of amides is 1. The molecule has 1 aromatic rings. The number of carbonyl (C=O) groups excluding carboxylic acids is 1. The van der Waals surface area contributed by atoms with Crippen molar-refractivity contribution in [2.24, 2.45) is 0 Å². The van der Waals surface area contributed by atoms with E-state index < -0.39 is 11.7 Å². The van der Waals surface area contributed by atoms with Crippen molar-refractivity contribution >= 4 is 17.5 Å². The minimum atomic E-state index is -4.46. The Kier molecular flexibility index (Phi) is 3.50. The first-order chi connectivity index (χ1) is 8.84. The number of nitrogens with zero attached hydrogens (tertiary/aromatic N) is 1. The first-order valence-electron chi connectivity index (χ1n) is 5.72. The van der Waals surface area contributed by atoms with Crippen LogP contribution in [0.5, 0.6) is 0 Å². The van der Waals surface area contributed by atoms with Crippen LogP contribution in [0.4, 0.5) is 24.8 Å². The average molecular weight is 274 g/mol. The summed E-state index contributed by atoms with van der Waals surface area (Å²) in [6.45, 7) is 0.358. The summed E-state index contributed by atoms with van der Waals surface area (Å²) in [5.41, 5.74) is 4.52. The Morgan fingerprint density at radius 1 is 1.42 bits per heavy atom. The molecule has 2 rings (SSSR count). The van der Waals surface area contributed by atoms with E-state index in [1.54, 1.807) is 0 Å². The molecule has 1 aliphatic heterocycles. The van der Waals surface area contributed by atoms with Gasteiger partial charge in [-0.3, -0.25) is 4.79 Å². The van der Waals surface area contributed by atoms with Crippen LogP contribution >= 0.6 is 0 Å². The summed E-state index contributed by atoms with van der Waals surface area (Å²) in [4.78, 5) is 14.8. The van der Waals surface area contributed by atoms with Gasteiger partial charge in [0.2, 0.25) is 5.91 Å². The van der Waals surface area contributed by atoms with Gasteiger partial charge in [-0.05, 0) is 18.6 Å². The number of hydrogen-bond acceptors (Lipinski definition) is 4. The van der Waals surface area contributed by atoms with Crippen molar-refractivity contribution in [1.82, 2.24) is 10.3 Å². The third-order valence-corrected chi connectivity index (χ3v) is 2.79. The van der Waals surface area contributed by atoms with Gasteiger partial charge in [0.25, 0.3) is 0 Å². The summed E-state index contributed by atoms with van der Waals surface area (Å²) in [5.74, 6) is -0.194. The molecule has 0 saturated carbocycles. The zero-order valence-corrected chi connectivity index (χ0v) is 9.92. The van der Waals surface area contributed by atoms with E-state index in [0.717, 1.165) is 12.1 Å². The number of halogens is 3.